The molecule has 0 aliphatic carbocycles. The average Bonchev–Trinajstić information content (AvgIpc) is 2.86. The van der Waals surface area contributed by atoms with Gasteiger partial charge in [-0.2, -0.15) is 0 Å². The number of nitrogens with one attached hydrogen (secondary N) is 3. The smallest absolute Gasteiger partial charge is 0.321 e. The topological polar surface area (TPSA) is 88.7 Å². The number of carbonyl (C=O) groups excluding carboxylic acids is 2. The van der Waals surface area contributed by atoms with Gasteiger partial charge in [0.25, 0.3) is 0 Å². The highest BCUT2D eigenvalue weighted by atomic mass is 16.7. The van der Waals surface area contributed by atoms with Crippen molar-refractivity contribution in [2.45, 2.75) is 19.9 Å². The highest BCUT2D eigenvalue weighted by Crippen LogP contribution is 2.34. The van der Waals surface area contributed by atoms with Gasteiger partial charge in [0, 0.05) is 18.3 Å². The molecule has 0 unspecified atom stereocenters. The van der Waals surface area contributed by atoms with Crippen molar-refractivity contribution in [2.24, 2.45) is 0 Å². The van der Waals surface area contributed by atoms with Crippen LogP contribution in [0, 0.1) is 0 Å². The van der Waals surface area contributed by atoms with E-state index in [9.17, 15) is 9.59 Å². The lowest BCUT2D eigenvalue weighted by molar-refractivity contribution is -0.120. The predicted octanol–water partition coefficient (Wildman–Crippen LogP) is 1.06. The summed E-state index contributed by atoms with van der Waals surface area (Å²) in [7, 11) is 0. The number of benzene rings is 1. The van der Waals surface area contributed by atoms with Crippen molar-refractivity contribution >= 4 is 17.6 Å². The number of amides is 3. The molecule has 0 saturated heterocycles. The number of anilines is 1. The lowest BCUT2D eigenvalue weighted by Gasteiger charge is -2.15. The molecular formula is C13H17N3O4. The number of imide groups is 1. The van der Waals surface area contributed by atoms with Crippen LogP contribution >= 0.6 is 0 Å². The zero-order chi connectivity index (χ0) is 14.5. The number of hydrogen-bond acceptors (Lipinski definition) is 5. The maximum absolute atomic E-state index is 11.8. The predicted molar refractivity (Wildman–Crippen MR) is 72.9 cm³/mol. The van der Waals surface area contributed by atoms with Crippen molar-refractivity contribution in [3.05, 3.63) is 18.2 Å². The van der Waals surface area contributed by atoms with E-state index in [0.717, 1.165) is 0 Å². The zero-order valence-corrected chi connectivity index (χ0v) is 11.4. The maximum Gasteiger partial charge on any atom is 0.321 e. The van der Waals surface area contributed by atoms with Crippen LogP contribution < -0.4 is 25.4 Å². The molecule has 1 aliphatic rings. The molecule has 0 radical (unpaired) electrons. The molecule has 0 saturated carbocycles. The summed E-state index contributed by atoms with van der Waals surface area (Å²) >= 11 is 0. The standard InChI is InChI=1S/C13H17N3O4/c1-3-14-13(18)16-12(17)8(2)15-9-4-5-10-11(6-9)20-7-19-10/h4-6,8,15H,3,7H2,1-2H3,(H2,14,16,17,18)/t8-/m0/s1. The SMILES string of the molecule is CCNC(=O)NC(=O)[C@H](C)Nc1ccc2c(c1)OCO2. The third-order valence-corrected chi connectivity index (χ3v) is 2.72. The van der Waals surface area contributed by atoms with E-state index in [1.54, 1.807) is 32.0 Å². The van der Waals surface area contributed by atoms with E-state index < -0.39 is 18.0 Å². The van der Waals surface area contributed by atoms with E-state index in [0.29, 0.717) is 23.7 Å². The Bertz CT molecular complexity index is 518. The summed E-state index contributed by atoms with van der Waals surface area (Å²) in [5.41, 5.74) is 0.716. The molecule has 1 atom stereocenters. The van der Waals surface area contributed by atoms with E-state index >= 15 is 0 Å². The Hall–Kier alpha value is -2.44. The Labute approximate surface area is 116 Å². The van der Waals surface area contributed by atoms with Crippen molar-refractivity contribution in [2.75, 3.05) is 18.7 Å². The first-order valence-electron chi connectivity index (χ1n) is 6.35. The van der Waals surface area contributed by atoms with Gasteiger partial charge in [0.1, 0.15) is 6.04 Å². The van der Waals surface area contributed by atoms with Gasteiger partial charge >= 0.3 is 6.03 Å². The van der Waals surface area contributed by atoms with Gasteiger partial charge in [0.15, 0.2) is 11.5 Å². The van der Waals surface area contributed by atoms with Crippen LogP contribution in [0.4, 0.5) is 10.5 Å². The molecule has 2 rings (SSSR count). The van der Waals surface area contributed by atoms with Crippen LogP contribution in [0.2, 0.25) is 0 Å². The Morgan fingerprint density at radius 3 is 2.80 bits per heavy atom. The number of rotatable bonds is 4. The van der Waals surface area contributed by atoms with Gasteiger partial charge in [-0.05, 0) is 26.0 Å². The van der Waals surface area contributed by atoms with Gasteiger partial charge in [0.2, 0.25) is 12.7 Å². The monoisotopic (exact) mass is 279 g/mol. The van der Waals surface area contributed by atoms with Crippen molar-refractivity contribution in [1.29, 1.82) is 0 Å². The second-order valence-electron chi connectivity index (χ2n) is 4.28. The maximum atomic E-state index is 11.8. The third kappa shape index (κ3) is 3.31. The van der Waals surface area contributed by atoms with E-state index in [4.69, 9.17) is 9.47 Å². The number of carbonyl (C=O) groups is 2. The molecule has 7 heteroatoms. The molecule has 1 heterocycles. The van der Waals surface area contributed by atoms with E-state index in [-0.39, 0.29) is 6.79 Å². The van der Waals surface area contributed by atoms with Crippen LogP contribution in [0.1, 0.15) is 13.8 Å². The van der Waals surface area contributed by atoms with E-state index in [1.807, 2.05) is 0 Å². The van der Waals surface area contributed by atoms with Gasteiger partial charge in [-0.1, -0.05) is 0 Å². The fourth-order valence-corrected chi connectivity index (χ4v) is 1.73. The minimum atomic E-state index is -0.557. The molecule has 7 nitrogen and oxygen atoms in total. The zero-order valence-electron chi connectivity index (χ0n) is 11.4. The Kier molecular flexibility index (Phi) is 4.29. The van der Waals surface area contributed by atoms with Gasteiger partial charge in [-0.15, -0.1) is 0 Å². The summed E-state index contributed by atoms with van der Waals surface area (Å²) in [4.78, 5) is 23.0. The van der Waals surface area contributed by atoms with Gasteiger partial charge in [0.05, 0.1) is 0 Å². The molecule has 3 N–H and O–H groups in total. The fraction of sp³-hybridized carbons (Fsp3) is 0.385. The molecule has 0 spiro atoms. The normalized spacial score (nSPS) is 13.5. The molecule has 0 aromatic heterocycles. The van der Waals surface area contributed by atoms with Gasteiger partial charge in [-0.25, -0.2) is 4.79 Å². The van der Waals surface area contributed by atoms with Crippen molar-refractivity contribution in [3.63, 3.8) is 0 Å². The molecule has 0 bridgehead atoms. The second-order valence-corrected chi connectivity index (χ2v) is 4.28. The summed E-state index contributed by atoms with van der Waals surface area (Å²) < 4.78 is 10.5. The van der Waals surface area contributed by atoms with Crippen LogP contribution in [-0.2, 0) is 4.79 Å². The van der Waals surface area contributed by atoms with Gasteiger partial charge < -0.3 is 20.1 Å². The molecule has 1 aromatic carbocycles. The van der Waals surface area contributed by atoms with Crippen molar-refractivity contribution in [3.8, 4) is 11.5 Å². The molecular weight excluding hydrogens is 262 g/mol. The minimum Gasteiger partial charge on any atom is -0.454 e. The fourth-order valence-electron chi connectivity index (χ4n) is 1.73. The minimum absolute atomic E-state index is 0.200. The van der Waals surface area contributed by atoms with Crippen LogP contribution in [-0.4, -0.2) is 31.3 Å². The molecule has 3 amide bonds. The lowest BCUT2D eigenvalue weighted by Crippen LogP contribution is -2.45. The highest BCUT2D eigenvalue weighted by Gasteiger charge is 2.17. The van der Waals surface area contributed by atoms with E-state index in [1.165, 1.54) is 0 Å². The van der Waals surface area contributed by atoms with Crippen LogP contribution in [0.25, 0.3) is 0 Å². The number of ether oxygens (including phenoxy) is 2. The largest absolute Gasteiger partial charge is 0.454 e. The summed E-state index contributed by atoms with van der Waals surface area (Å²) in [6.45, 7) is 4.10. The van der Waals surface area contributed by atoms with Crippen LogP contribution in [0.15, 0.2) is 18.2 Å². The first-order valence-corrected chi connectivity index (χ1v) is 6.35. The third-order valence-electron chi connectivity index (χ3n) is 2.72. The highest BCUT2D eigenvalue weighted by molar-refractivity contribution is 5.97. The summed E-state index contributed by atoms with van der Waals surface area (Å²) in [5, 5.41) is 7.73. The second kappa shape index (κ2) is 6.14. The quantitative estimate of drug-likeness (QED) is 0.767. The Morgan fingerprint density at radius 1 is 1.30 bits per heavy atom. The Balaban J connectivity index is 1.92. The average molecular weight is 279 g/mol. The van der Waals surface area contributed by atoms with Gasteiger partial charge in [-0.3, -0.25) is 10.1 Å². The summed E-state index contributed by atoms with van der Waals surface area (Å²) in [6.07, 6.45) is 0. The van der Waals surface area contributed by atoms with Crippen molar-refractivity contribution in [1.82, 2.24) is 10.6 Å². The first-order chi connectivity index (χ1) is 9.60. The molecule has 0 fully saturated rings. The molecule has 1 aromatic rings. The molecule has 20 heavy (non-hydrogen) atoms. The van der Waals surface area contributed by atoms with Crippen molar-refractivity contribution < 1.29 is 19.1 Å². The molecule has 108 valence electrons. The number of urea groups is 1. The summed E-state index contributed by atoms with van der Waals surface area (Å²) in [6, 6.07) is 4.23. The Morgan fingerprint density at radius 2 is 2.05 bits per heavy atom. The van der Waals surface area contributed by atoms with E-state index in [2.05, 4.69) is 16.0 Å². The molecule has 1 aliphatic heterocycles. The number of hydrogen-bond donors (Lipinski definition) is 3. The van der Waals surface area contributed by atoms with Crippen LogP contribution in [0.3, 0.4) is 0 Å². The number of fused-ring (bicyclic) bond motifs is 1. The summed E-state index contributed by atoms with van der Waals surface area (Å²) in [5.74, 6) is 0.898. The first kappa shape index (κ1) is 14.0. The van der Waals surface area contributed by atoms with Crippen LogP contribution in [0.5, 0.6) is 11.5 Å². The lowest BCUT2D eigenvalue weighted by atomic mass is 10.2.